The van der Waals surface area contributed by atoms with E-state index in [2.05, 4.69) is 17.1 Å². The number of esters is 3. The second kappa shape index (κ2) is 8.14. The van der Waals surface area contributed by atoms with E-state index in [1.807, 2.05) is 6.07 Å². The molecule has 0 bridgehead atoms. The molecule has 0 saturated carbocycles. The zero-order valence-electron chi connectivity index (χ0n) is 17.1. The van der Waals surface area contributed by atoms with Crippen molar-refractivity contribution in [1.82, 2.24) is 0 Å². The highest BCUT2D eigenvalue weighted by Gasteiger charge is 2.39. The molecule has 0 aromatic heterocycles. The second-order valence-electron chi connectivity index (χ2n) is 7.77. The van der Waals surface area contributed by atoms with Crippen molar-refractivity contribution in [2.45, 2.75) is 39.4 Å². The summed E-state index contributed by atoms with van der Waals surface area (Å²) in [5, 5.41) is 2.99. The van der Waals surface area contributed by atoms with Gasteiger partial charge in [0.05, 0.1) is 24.0 Å². The van der Waals surface area contributed by atoms with Gasteiger partial charge in [0.15, 0.2) is 5.57 Å². The van der Waals surface area contributed by atoms with Gasteiger partial charge in [0.2, 0.25) is 0 Å². The Bertz CT molecular complexity index is 831. The molecule has 2 saturated heterocycles. The third-order valence-corrected chi connectivity index (χ3v) is 5.03. The number of nitrogens with zero attached hydrogens (tertiary/aromatic N) is 1. The van der Waals surface area contributed by atoms with Crippen LogP contribution in [0.25, 0.3) is 0 Å². The summed E-state index contributed by atoms with van der Waals surface area (Å²) < 4.78 is 15.0. The molecule has 2 fully saturated rings. The van der Waals surface area contributed by atoms with Crippen molar-refractivity contribution < 1.29 is 28.6 Å². The highest BCUT2D eigenvalue weighted by atomic mass is 16.7. The SMILES string of the molecule is COC(=O)c1ccc(N2CCC(C)CC2)c(NC=C2C(=O)OC(C)(C)OC2=O)c1. The Hall–Kier alpha value is -3.03. The van der Waals surface area contributed by atoms with Gasteiger partial charge >= 0.3 is 17.9 Å². The van der Waals surface area contributed by atoms with Gasteiger partial charge in [-0.15, -0.1) is 0 Å². The molecule has 0 radical (unpaired) electrons. The average molecular weight is 402 g/mol. The zero-order valence-corrected chi connectivity index (χ0v) is 17.1. The van der Waals surface area contributed by atoms with E-state index in [-0.39, 0.29) is 5.57 Å². The summed E-state index contributed by atoms with van der Waals surface area (Å²) in [7, 11) is 1.31. The summed E-state index contributed by atoms with van der Waals surface area (Å²) in [4.78, 5) is 38.5. The molecule has 0 atom stereocenters. The molecule has 0 aliphatic carbocycles. The predicted octanol–water partition coefficient (Wildman–Crippen LogP) is 2.84. The zero-order chi connectivity index (χ0) is 21.2. The summed E-state index contributed by atoms with van der Waals surface area (Å²) in [6.07, 6.45) is 3.38. The van der Waals surface area contributed by atoms with Gasteiger partial charge in [0, 0.05) is 33.1 Å². The maximum Gasteiger partial charge on any atom is 0.350 e. The quantitative estimate of drug-likeness (QED) is 0.467. The molecule has 0 amide bonds. The van der Waals surface area contributed by atoms with Gasteiger partial charge in [-0.3, -0.25) is 0 Å². The Balaban J connectivity index is 1.90. The molecule has 1 aromatic rings. The molecule has 0 spiro atoms. The van der Waals surface area contributed by atoms with Crippen molar-refractivity contribution in [1.29, 1.82) is 0 Å². The largest absolute Gasteiger partial charge is 0.465 e. The van der Waals surface area contributed by atoms with E-state index in [9.17, 15) is 14.4 Å². The van der Waals surface area contributed by atoms with Crippen molar-refractivity contribution in [3.05, 3.63) is 35.5 Å². The molecule has 2 aliphatic rings. The van der Waals surface area contributed by atoms with E-state index in [1.165, 1.54) is 27.2 Å². The number of cyclic esters (lactones) is 2. The molecule has 2 heterocycles. The van der Waals surface area contributed by atoms with Crippen LogP contribution in [0.5, 0.6) is 0 Å². The predicted molar refractivity (Wildman–Crippen MR) is 106 cm³/mol. The highest BCUT2D eigenvalue weighted by Crippen LogP contribution is 2.32. The molecule has 29 heavy (non-hydrogen) atoms. The van der Waals surface area contributed by atoms with Crippen molar-refractivity contribution in [2.24, 2.45) is 5.92 Å². The second-order valence-corrected chi connectivity index (χ2v) is 7.77. The summed E-state index contributed by atoms with van der Waals surface area (Å²) in [5.74, 6) is -2.65. The minimum Gasteiger partial charge on any atom is -0.465 e. The van der Waals surface area contributed by atoms with Crippen LogP contribution in [0.3, 0.4) is 0 Å². The van der Waals surface area contributed by atoms with Crippen molar-refractivity contribution in [2.75, 3.05) is 30.4 Å². The fourth-order valence-corrected chi connectivity index (χ4v) is 3.35. The van der Waals surface area contributed by atoms with E-state index in [4.69, 9.17) is 14.2 Å². The molecular weight excluding hydrogens is 376 g/mol. The molecule has 1 aromatic carbocycles. The number of carbonyl (C=O) groups is 3. The van der Waals surface area contributed by atoms with Crippen LogP contribution in [0.2, 0.25) is 0 Å². The van der Waals surface area contributed by atoms with Gasteiger partial charge < -0.3 is 24.4 Å². The van der Waals surface area contributed by atoms with E-state index >= 15 is 0 Å². The lowest BCUT2D eigenvalue weighted by Gasteiger charge is -2.33. The van der Waals surface area contributed by atoms with E-state index in [1.54, 1.807) is 12.1 Å². The van der Waals surface area contributed by atoms with Crippen molar-refractivity contribution >= 4 is 29.3 Å². The van der Waals surface area contributed by atoms with Crippen LogP contribution < -0.4 is 10.2 Å². The minimum absolute atomic E-state index is 0.244. The standard InChI is InChI=1S/C21H26N2O6/c1-13-7-9-23(10-8-13)17-6-5-14(18(24)27-4)11-16(17)22-12-15-19(25)28-21(2,3)29-20(15)26/h5-6,11-13,22H,7-10H2,1-4H3. The lowest BCUT2D eigenvalue weighted by molar-refractivity contribution is -0.222. The molecular formula is C21H26N2O6. The van der Waals surface area contributed by atoms with Crippen molar-refractivity contribution in [3.63, 3.8) is 0 Å². The van der Waals surface area contributed by atoms with Crippen LogP contribution in [-0.2, 0) is 23.8 Å². The first-order valence-electron chi connectivity index (χ1n) is 9.61. The molecule has 156 valence electrons. The van der Waals surface area contributed by atoms with Gasteiger partial charge in [-0.2, -0.15) is 0 Å². The maximum absolute atomic E-state index is 12.2. The number of hydrogen-bond donors (Lipinski definition) is 1. The molecule has 8 nitrogen and oxygen atoms in total. The van der Waals surface area contributed by atoms with E-state index in [0.29, 0.717) is 17.2 Å². The van der Waals surface area contributed by atoms with E-state index in [0.717, 1.165) is 31.6 Å². The normalized spacial score (nSPS) is 19.3. The number of anilines is 2. The van der Waals surface area contributed by atoms with Gasteiger partial charge in [-0.1, -0.05) is 6.92 Å². The molecule has 2 aliphatic heterocycles. The fraction of sp³-hybridized carbons (Fsp3) is 0.476. The third-order valence-electron chi connectivity index (χ3n) is 5.03. The summed E-state index contributed by atoms with van der Waals surface area (Å²) in [5.41, 5.74) is 1.57. The third kappa shape index (κ3) is 4.70. The number of rotatable bonds is 4. The number of methoxy groups -OCH3 is 1. The molecule has 0 unspecified atom stereocenters. The number of hydrogen-bond acceptors (Lipinski definition) is 8. The maximum atomic E-state index is 12.2. The summed E-state index contributed by atoms with van der Waals surface area (Å²) >= 11 is 0. The van der Waals surface area contributed by atoms with Crippen LogP contribution in [0.15, 0.2) is 30.0 Å². The van der Waals surface area contributed by atoms with Crippen LogP contribution in [0.1, 0.15) is 44.0 Å². The van der Waals surface area contributed by atoms with Crippen LogP contribution in [-0.4, -0.2) is 43.9 Å². The molecule has 1 N–H and O–H groups in total. The Morgan fingerprint density at radius 1 is 1.21 bits per heavy atom. The first kappa shape index (κ1) is 20.7. The number of carbonyl (C=O) groups excluding carboxylic acids is 3. The smallest absolute Gasteiger partial charge is 0.350 e. The Labute approximate surface area is 169 Å². The monoisotopic (exact) mass is 402 g/mol. The number of benzene rings is 1. The lowest BCUT2D eigenvalue weighted by Crippen LogP contribution is -2.42. The first-order valence-corrected chi connectivity index (χ1v) is 9.61. The van der Waals surface area contributed by atoms with Gasteiger partial charge in [0.1, 0.15) is 0 Å². The molecule has 8 heteroatoms. The Kier molecular flexibility index (Phi) is 5.81. The lowest BCUT2D eigenvalue weighted by atomic mass is 9.98. The van der Waals surface area contributed by atoms with Gasteiger partial charge in [0.25, 0.3) is 5.79 Å². The van der Waals surface area contributed by atoms with Crippen LogP contribution in [0, 0.1) is 5.92 Å². The number of ether oxygens (including phenoxy) is 3. The Morgan fingerprint density at radius 3 is 2.41 bits per heavy atom. The van der Waals surface area contributed by atoms with Gasteiger partial charge in [-0.05, 0) is 37.0 Å². The van der Waals surface area contributed by atoms with Gasteiger partial charge in [-0.25, -0.2) is 14.4 Å². The average Bonchev–Trinajstić information content (AvgIpc) is 2.66. The number of piperidine rings is 1. The van der Waals surface area contributed by atoms with Crippen molar-refractivity contribution in [3.8, 4) is 0 Å². The minimum atomic E-state index is -1.30. The molecule has 3 rings (SSSR count). The van der Waals surface area contributed by atoms with E-state index < -0.39 is 23.7 Å². The highest BCUT2D eigenvalue weighted by molar-refractivity contribution is 6.15. The topological polar surface area (TPSA) is 94.2 Å². The van der Waals surface area contributed by atoms with Crippen LogP contribution in [0.4, 0.5) is 11.4 Å². The Morgan fingerprint density at radius 2 is 1.83 bits per heavy atom. The summed E-state index contributed by atoms with van der Waals surface area (Å²) in [6, 6.07) is 5.17. The first-order chi connectivity index (χ1) is 13.7. The fourth-order valence-electron chi connectivity index (χ4n) is 3.35. The van der Waals surface area contributed by atoms with Crippen LogP contribution >= 0.6 is 0 Å². The number of nitrogens with one attached hydrogen (secondary N) is 1. The summed E-state index contributed by atoms with van der Waals surface area (Å²) in [6.45, 7) is 6.96.